The molecule has 2 aromatic heterocycles. The number of nitrogens with zero attached hydrogens (tertiary/aromatic N) is 3. The molecule has 2 heterocycles. The van der Waals surface area contributed by atoms with Gasteiger partial charge in [-0.05, 0) is 12.1 Å². The van der Waals surface area contributed by atoms with E-state index in [1.165, 1.54) is 6.20 Å². The van der Waals surface area contributed by atoms with E-state index in [4.69, 9.17) is 11.6 Å². The summed E-state index contributed by atoms with van der Waals surface area (Å²) in [4.78, 5) is 15.4. The maximum atomic E-state index is 11.3. The SMILES string of the molecule is O=C(CCl)c1cnn(-c2ccccn2)c1. The van der Waals surface area contributed by atoms with Crippen LogP contribution in [0.4, 0.5) is 0 Å². The zero-order valence-corrected chi connectivity index (χ0v) is 8.55. The first-order valence-electron chi connectivity index (χ1n) is 4.36. The Morgan fingerprint density at radius 1 is 1.47 bits per heavy atom. The zero-order chi connectivity index (χ0) is 10.7. The van der Waals surface area contributed by atoms with Crippen LogP contribution in [0.3, 0.4) is 0 Å². The fourth-order valence-corrected chi connectivity index (χ4v) is 1.31. The third kappa shape index (κ3) is 2.05. The molecule has 0 spiro atoms. The molecule has 4 nitrogen and oxygen atoms in total. The van der Waals surface area contributed by atoms with Gasteiger partial charge >= 0.3 is 0 Å². The summed E-state index contributed by atoms with van der Waals surface area (Å²) in [5.74, 6) is 0.499. The molecule has 0 fully saturated rings. The lowest BCUT2D eigenvalue weighted by atomic mass is 10.3. The largest absolute Gasteiger partial charge is 0.293 e. The van der Waals surface area contributed by atoms with E-state index in [9.17, 15) is 4.79 Å². The molecule has 0 N–H and O–H groups in total. The van der Waals surface area contributed by atoms with Gasteiger partial charge in [-0.15, -0.1) is 11.6 Å². The Morgan fingerprint density at radius 2 is 2.33 bits per heavy atom. The van der Waals surface area contributed by atoms with E-state index in [1.807, 2.05) is 18.2 Å². The average molecular weight is 222 g/mol. The van der Waals surface area contributed by atoms with Crippen LogP contribution in [0.15, 0.2) is 36.8 Å². The molecule has 5 heteroatoms. The van der Waals surface area contributed by atoms with Crippen molar-refractivity contribution in [3.8, 4) is 5.82 Å². The molecule has 15 heavy (non-hydrogen) atoms. The van der Waals surface area contributed by atoms with Crippen molar-refractivity contribution in [1.29, 1.82) is 0 Å². The van der Waals surface area contributed by atoms with Crippen LogP contribution in [0.1, 0.15) is 10.4 Å². The second-order valence-electron chi connectivity index (χ2n) is 2.92. The summed E-state index contributed by atoms with van der Waals surface area (Å²) in [5, 5.41) is 4.03. The summed E-state index contributed by atoms with van der Waals surface area (Å²) < 4.78 is 1.54. The van der Waals surface area contributed by atoms with Crippen molar-refractivity contribution in [2.45, 2.75) is 0 Å². The van der Waals surface area contributed by atoms with Crippen LogP contribution in [-0.2, 0) is 0 Å². The maximum Gasteiger partial charge on any atom is 0.180 e. The number of hydrogen-bond acceptors (Lipinski definition) is 3. The highest BCUT2D eigenvalue weighted by molar-refractivity contribution is 6.30. The molecule has 0 unspecified atom stereocenters. The van der Waals surface area contributed by atoms with Gasteiger partial charge in [0, 0.05) is 12.4 Å². The Bertz CT molecular complexity index is 467. The van der Waals surface area contributed by atoms with E-state index in [2.05, 4.69) is 10.1 Å². The molecule has 0 aromatic carbocycles. The van der Waals surface area contributed by atoms with Crippen molar-refractivity contribution in [2.75, 3.05) is 5.88 Å². The number of halogens is 1. The van der Waals surface area contributed by atoms with Crippen LogP contribution in [0.2, 0.25) is 0 Å². The number of carbonyl (C=O) groups is 1. The Balaban J connectivity index is 2.32. The van der Waals surface area contributed by atoms with Crippen molar-refractivity contribution in [3.63, 3.8) is 0 Å². The highest BCUT2D eigenvalue weighted by Crippen LogP contribution is 2.05. The Kier molecular flexibility index (Phi) is 2.78. The number of rotatable bonds is 3. The molecular formula is C10H8ClN3O. The summed E-state index contributed by atoms with van der Waals surface area (Å²) in [6.45, 7) is 0. The summed E-state index contributed by atoms with van der Waals surface area (Å²) in [6.07, 6.45) is 4.77. The fraction of sp³-hybridized carbons (Fsp3) is 0.100. The average Bonchev–Trinajstić information content (AvgIpc) is 2.78. The first-order valence-corrected chi connectivity index (χ1v) is 4.90. The number of aromatic nitrogens is 3. The van der Waals surface area contributed by atoms with Crippen LogP contribution < -0.4 is 0 Å². The molecule has 0 aliphatic rings. The fourth-order valence-electron chi connectivity index (χ4n) is 1.16. The number of Topliss-reactive ketones (excluding diaryl/α,β-unsaturated/α-hetero) is 1. The van der Waals surface area contributed by atoms with Gasteiger partial charge < -0.3 is 0 Å². The standard InChI is InChI=1S/C10H8ClN3O/c11-5-9(15)8-6-13-14(7-8)10-3-1-2-4-12-10/h1-4,6-7H,5H2. The predicted molar refractivity (Wildman–Crippen MR) is 56.4 cm³/mol. The molecule has 0 bridgehead atoms. The Morgan fingerprint density at radius 3 is 3.00 bits per heavy atom. The highest BCUT2D eigenvalue weighted by Gasteiger charge is 2.07. The van der Waals surface area contributed by atoms with Crippen molar-refractivity contribution in [1.82, 2.24) is 14.8 Å². The first kappa shape index (κ1) is 9.86. The summed E-state index contributed by atoms with van der Waals surface area (Å²) in [6, 6.07) is 5.48. The van der Waals surface area contributed by atoms with Crippen molar-refractivity contribution >= 4 is 17.4 Å². The first-order chi connectivity index (χ1) is 7.31. The van der Waals surface area contributed by atoms with E-state index in [0.717, 1.165) is 0 Å². The lowest BCUT2D eigenvalue weighted by Gasteiger charge is -1.97. The molecule has 2 aromatic rings. The lowest BCUT2D eigenvalue weighted by molar-refractivity contribution is 0.102. The number of carbonyl (C=O) groups excluding carboxylic acids is 1. The van der Waals surface area contributed by atoms with Crippen LogP contribution in [0, 0.1) is 0 Å². The van der Waals surface area contributed by atoms with E-state index in [-0.39, 0.29) is 11.7 Å². The molecule has 0 saturated carbocycles. The van der Waals surface area contributed by atoms with E-state index in [1.54, 1.807) is 17.1 Å². The minimum atomic E-state index is -0.140. The number of hydrogen-bond donors (Lipinski definition) is 0. The smallest absolute Gasteiger partial charge is 0.180 e. The topological polar surface area (TPSA) is 47.8 Å². The van der Waals surface area contributed by atoms with Gasteiger partial charge in [0.1, 0.15) is 0 Å². The van der Waals surface area contributed by atoms with Crippen LogP contribution in [-0.4, -0.2) is 26.4 Å². The van der Waals surface area contributed by atoms with Gasteiger partial charge in [0.05, 0.1) is 17.6 Å². The molecular weight excluding hydrogens is 214 g/mol. The second kappa shape index (κ2) is 4.23. The number of ketones is 1. The van der Waals surface area contributed by atoms with Gasteiger partial charge in [-0.25, -0.2) is 9.67 Å². The van der Waals surface area contributed by atoms with Gasteiger partial charge in [0.2, 0.25) is 0 Å². The van der Waals surface area contributed by atoms with Crippen molar-refractivity contribution < 1.29 is 4.79 Å². The van der Waals surface area contributed by atoms with E-state index in [0.29, 0.717) is 11.4 Å². The molecule has 0 amide bonds. The number of pyridine rings is 1. The summed E-state index contributed by atoms with van der Waals surface area (Å²) in [7, 11) is 0. The monoisotopic (exact) mass is 221 g/mol. The number of alkyl halides is 1. The summed E-state index contributed by atoms with van der Waals surface area (Å²) in [5.41, 5.74) is 0.496. The third-order valence-corrected chi connectivity index (χ3v) is 2.15. The van der Waals surface area contributed by atoms with Crippen LogP contribution in [0.25, 0.3) is 5.82 Å². The van der Waals surface area contributed by atoms with Gasteiger partial charge in [-0.1, -0.05) is 6.07 Å². The molecule has 76 valence electrons. The minimum absolute atomic E-state index is 0.0338. The van der Waals surface area contributed by atoms with Gasteiger partial charge in [0.15, 0.2) is 11.6 Å². The van der Waals surface area contributed by atoms with Crippen molar-refractivity contribution in [2.24, 2.45) is 0 Å². The van der Waals surface area contributed by atoms with E-state index >= 15 is 0 Å². The normalized spacial score (nSPS) is 10.2. The Labute approximate surface area is 91.5 Å². The van der Waals surface area contributed by atoms with Gasteiger partial charge in [-0.3, -0.25) is 4.79 Å². The molecule has 2 rings (SSSR count). The Hall–Kier alpha value is -1.68. The van der Waals surface area contributed by atoms with Crippen LogP contribution >= 0.6 is 11.6 Å². The summed E-state index contributed by atoms with van der Waals surface area (Å²) >= 11 is 5.44. The predicted octanol–water partition coefficient (Wildman–Crippen LogP) is 1.69. The highest BCUT2D eigenvalue weighted by atomic mass is 35.5. The van der Waals surface area contributed by atoms with Gasteiger partial charge in [0.25, 0.3) is 0 Å². The quantitative estimate of drug-likeness (QED) is 0.585. The van der Waals surface area contributed by atoms with Crippen molar-refractivity contribution in [3.05, 3.63) is 42.4 Å². The molecule has 0 radical (unpaired) electrons. The molecule has 0 aliphatic heterocycles. The molecule has 0 aliphatic carbocycles. The minimum Gasteiger partial charge on any atom is -0.293 e. The van der Waals surface area contributed by atoms with Crippen LogP contribution in [0.5, 0.6) is 0 Å². The third-order valence-electron chi connectivity index (χ3n) is 1.91. The zero-order valence-electron chi connectivity index (χ0n) is 7.80. The molecule has 0 atom stereocenters. The second-order valence-corrected chi connectivity index (χ2v) is 3.19. The maximum absolute atomic E-state index is 11.3. The lowest BCUT2D eigenvalue weighted by Crippen LogP contribution is -1.99. The van der Waals surface area contributed by atoms with E-state index < -0.39 is 0 Å². The van der Waals surface area contributed by atoms with Gasteiger partial charge in [-0.2, -0.15) is 5.10 Å². The molecule has 0 saturated heterocycles.